The molecule has 0 aliphatic carbocycles. The minimum absolute atomic E-state index is 1.09. The largest absolute Gasteiger partial charge is 0.309 e. The molecule has 0 spiro atoms. The molecule has 0 saturated heterocycles. The van der Waals surface area contributed by atoms with Gasteiger partial charge in [0.2, 0.25) is 0 Å². The zero-order valence-electron chi connectivity index (χ0n) is 27.8. The molecule has 1 nitrogen and oxygen atoms in total. The average Bonchev–Trinajstić information content (AvgIpc) is 3.44. The number of aromatic nitrogens is 1. The molecule has 230 valence electrons. The molecule has 0 unspecified atom stereocenters. The zero-order chi connectivity index (χ0) is 32.3. The summed E-state index contributed by atoms with van der Waals surface area (Å²) < 4.78 is 2.40. The van der Waals surface area contributed by atoms with Crippen LogP contribution in [-0.2, 0) is 6.42 Å². The molecule has 47 heavy (non-hydrogen) atoms. The van der Waals surface area contributed by atoms with Crippen molar-refractivity contribution in [2.75, 3.05) is 0 Å². The van der Waals surface area contributed by atoms with Crippen LogP contribution in [0.15, 0.2) is 140 Å². The van der Waals surface area contributed by atoms with Crippen LogP contribution in [0.25, 0.3) is 67.5 Å². The van der Waals surface area contributed by atoms with Crippen LogP contribution in [0, 0.1) is 6.92 Å². The van der Waals surface area contributed by atoms with Gasteiger partial charge in [-0.15, -0.1) is 0 Å². The highest BCUT2D eigenvalue weighted by Gasteiger charge is 2.15. The summed E-state index contributed by atoms with van der Waals surface area (Å²) in [5, 5.41) is 2.54. The Labute approximate surface area is 279 Å². The fraction of sp³-hybridized carbons (Fsp3) is 0.130. The number of nitrogens with zero attached hydrogens (tertiary/aromatic N) is 1. The number of aryl methyl sites for hydroxylation is 2. The van der Waals surface area contributed by atoms with Gasteiger partial charge in [-0.3, -0.25) is 0 Å². The topological polar surface area (TPSA) is 4.93 Å². The molecule has 6 aromatic carbocycles. The van der Waals surface area contributed by atoms with Gasteiger partial charge in [0.15, 0.2) is 0 Å². The van der Waals surface area contributed by atoms with Gasteiger partial charge in [-0.05, 0) is 119 Å². The first-order valence-electron chi connectivity index (χ1n) is 16.8. The van der Waals surface area contributed by atoms with Crippen molar-refractivity contribution in [2.45, 2.75) is 40.5 Å². The number of benzene rings is 6. The van der Waals surface area contributed by atoms with E-state index >= 15 is 0 Å². The molecule has 1 heteroatoms. The Kier molecular flexibility index (Phi) is 8.46. The van der Waals surface area contributed by atoms with Crippen molar-refractivity contribution in [1.82, 2.24) is 4.57 Å². The van der Waals surface area contributed by atoms with Crippen LogP contribution >= 0.6 is 0 Å². The fourth-order valence-electron chi connectivity index (χ4n) is 6.96. The van der Waals surface area contributed by atoms with E-state index in [1.165, 1.54) is 83.1 Å². The molecule has 0 N–H and O–H groups in total. The number of hydrogen-bond donors (Lipinski definition) is 0. The fourth-order valence-corrected chi connectivity index (χ4v) is 6.96. The Balaban J connectivity index is 1.28. The quantitative estimate of drug-likeness (QED) is 0.151. The van der Waals surface area contributed by atoms with Gasteiger partial charge in [-0.2, -0.15) is 0 Å². The van der Waals surface area contributed by atoms with Gasteiger partial charge in [0.25, 0.3) is 0 Å². The molecule has 0 aliphatic heterocycles. The lowest BCUT2D eigenvalue weighted by molar-refractivity contribution is 0.923. The van der Waals surface area contributed by atoms with Crippen molar-refractivity contribution in [3.05, 3.63) is 167 Å². The van der Waals surface area contributed by atoms with Gasteiger partial charge in [0.05, 0.1) is 11.0 Å². The lowest BCUT2D eigenvalue weighted by Crippen LogP contribution is -1.94. The summed E-state index contributed by atoms with van der Waals surface area (Å²) in [5.74, 6) is 0. The van der Waals surface area contributed by atoms with Crippen LogP contribution in [-0.4, -0.2) is 4.57 Å². The van der Waals surface area contributed by atoms with E-state index in [-0.39, 0.29) is 0 Å². The maximum Gasteiger partial charge on any atom is 0.0541 e. The van der Waals surface area contributed by atoms with Gasteiger partial charge < -0.3 is 4.57 Å². The summed E-state index contributed by atoms with van der Waals surface area (Å²) in [5.41, 5.74) is 16.4. The number of allylic oxidation sites excluding steroid dienone is 2. The Bertz CT molecular complexity index is 2270. The summed E-state index contributed by atoms with van der Waals surface area (Å²) in [6.45, 7) is 8.74. The molecule has 0 amide bonds. The standard InChI is InChI=1S/C46H41N/c1-5-13-35-15-7-8-17-37(35)29-33(4)34-23-26-40(27-24-34)47-45-20-12-11-19-42(45)44-31-39(25-28-46(44)47)38-22-21-32(3)43(30-38)41-18-10-9-16-36(41)14-6-2/h5,7-13,15-31H,6,14H2,1-4H3/b13-5+,33-29+. The third-order valence-corrected chi connectivity index (χ3v) is 9.37. The summed E-state index contributed by atoms with van der Waals surface area (Å²) >= 11 is 0. The molecule has 0 saturated carbocycles. The van der Waals surface area contributed by atoms with Gasteiger partial charge in [0, 0.05) is 16.5 Å². The molecule has 1 aromatic heterocycles. The van der Waals surface area contributed by atoms with Crippen LogP contribution in [0.2, 0.25) is 0 Å². The lowest BCUT2D eigenvalue weighted by atomic mass is 9.91. The first-order valence-corrected chi connectivity index (χ1v) is 16.8. The molecule has 0 aliphatic rings. The van der Waals surface area contributed by atoms with E-state index in [0.717, 1.165) is 12.8 Å². The van der Waals surface area contributed by atoms with Crippen molar-refractivity contribution in [2.24, 2.45) is 0 Å². The average molecular weight is 608 g/mol. The van der Waals surface area contributed by atoms with E-state index in [9.17, 15) is 0 Å². The van der Waals surface area contributed by atoms with Gasteiger partial charge in [-0.1, -0.05) is 129 Å². The van der Waals surface area contributed by atoms with Gasteiger partial charge in [-0.25, -0.2) is 0 Å². The van der Waals surface area contributed by atoms with Gasteiger partial charge >= 0.3 is 0 Å². The van der Waals surface area contributed by atoms with Crippen molar-refractivity contribution < 1.29 is 0 Å². The molecular weight excluding hydrogens is 567 g/mol. The summed E-state index contributed by atoms with van der Waals surface area (Å²) in [4.78, 5) is 0. The highest BCUT2D eigenvalue weighted by Crippen LogP contribution is 2.37. The van der Waals surface area contributed by atoms with Crippen molar-refractivity contribution in [3.8, 4) is 27.9 Å². The molecule has 0 bridgehead atoms. The van der Waals surface area contributed by atoms with E-state index < -0.39 is 0 Å². The number of para-hydroxylation sites is 1. The molecule has 7 aromatic rings. The minimum atomic E-state index is 1.09. The Morgan fingerprint density at radius 1 is 0.638 bits per heavy atom. The Morgan fingerprint density at radius 2 is 1.32 bits per heavy atom. The Hall–Kier alpha value is -5.40. The monoisotopic (exact) mass is 607 g/mol. The van der Waals surface area contributed by atoms with Crippen molar-refractivity contribution >= 4 is 39.5 Å². The molecule has 0 fully saturated rings. The van der Waals surface area contributed by atoms with Crippen LogP contribution < -0.4 is 0 Å². The Morgan fingerprint density at radius 3 is 2.13 bits per heavy atom. The second-order valence-electron chi connectivity index (χ2n) is 12.5. The van der Waals surface area contributed by atoms with Gasteiger partial charge in [0.1, 0.15) is 0 Å². The highest BCUT2D eigenvalue weighted by molar-refractivity contribution is 6.10. The number of fused-ring (bicyclic) bond motifs is 3. The van der Waals surface area contributed by atoms with Crippen LogP contribution in [0.3, 0.4) is 0 Å². The maximum atomic E-state index is 2.40. The van der Waals surface area contributed by atoms with Crippen LogP contribution in [0.1, 0.15) is 55.0 Å². The molecule has 0 atom stereocenters. The van der Waals surface area contributed by atoms with E-state index in [1.807, 2.05) is 0 Å². The third-order valence-electron chi connectivity index (χ3n) is 9.37. The van der Waals surface area contributed by atoms with E-state index in [2.05, 4.69) is 184 Å². The molecule has 7 rings (SSSR count). The van der Waals surface area contributed by atoms with E-state index in [1.54, 1.807) is 0 Å². The van der Waals surface area contributed by atoms with Crippen LogP contribution in [0.4, 0.5) is 0 Å². The smallest absolute Gasteiger partial charge is 0.0541 e. The van der Waals surface area contributed by atoms with Crippen molar-refractivity contribution in [3.63, 3.8) is 0 Å². The predicted octanol–water partition coefficient (Wildman–Crippen LogP) is 13.0. The number of rotatable bonds is 8. The molecule has 0 radical (unpaired) electrons. The lowest BCUT2D eigenvalue weighted by Gasteiger charge is -2.14. The zero-order valence-corrected chi connectivity index (χ0v) is 27.8. The van der Waals surface area contributed by atoms with Crippen LogP contribution in [0.5, 0.6) is 0 Å². The first kappa shape index (κ1) is 30.3. The minimum Gasteiger partial charge on any atom is -0.309 e. The summed E-state index contributed by atoms with van der Waals surface area (Å²) in [6, 6.07) is 49.1. The second-order valence-corrected chi connectivity index (χ2v) is 12.5. The summed E-state index contributed by atoms with van der Waals surface area (Å²) in [7, 11) is 0. The number of hydrogen-bond acceptors (Lipinski definition) is 0. The molecule has 1 heterocycles. The molecular formula is C46H41N. The van der Waals surface area contributed by atoms with Crippen molar-refractivity contribution in [1.29, 1.82) is 0 Å². The maximum absolute atomic E-state index is 2.40. The van der Waals surface area contributed by atoms with E-state index in [0.29, 0.717) is 0 Å². The second kappa shape index (κ2) is 13.1. The predicted molar refractivity (Wildman–Crippen MR) is 205 cm³/mol. The van der Waals surface area contributed by atoms with E-state index in [4.69, 9.17) is 0 Å². The SMILES string of the molecule is C/C=C/c1ccccc1/C=C(\C)c1ccc(-n2c3ccccc3c3cc(-c4ccc(C)c(-c5ccccc5CCC)c4)ccc32)cc1. The third kappa shape index (κ3) is 5.86. The highest BCUT2D eigenvalue weighted by atomic mass is 15.0. The summed E-state index contributed by atoms with van der Waals surface area (Å²) in [6.07, 6.45) is 8.77. The normalized spacial score (nSPS) is 12.0. The first-order chi connectivity index (χ1) is 23.1.